The molecule has 7 heteroatoms. The minimum absolute atomic E-state index is 0.0406. The van der Waals surface area contributed by atoms with E-state index in [1.807, 2.05) is 44.2 Å². The van der Waals surface area contributed by atoms with Gasteiger partial charge in [0.1, 0.15) is 19.2 Å². The van der Waals surface area contributed by atoms with E-state index in [0.717, 1.165) is 31.5 Å². The normalized spacial score (nSPS) is 14.7. The number of nitrogens with one attached hydrogen (secondary N) is 2. The van der Waals surface area contributed by atoms with Crippen molar-refractivity contribution in [1.29, 1.82) is 0 Å². The zero-order valence-corrected chi connectivity index (χ0v) is 16.1. The molecule has 27 heavy (non-hydrogen) atoms. The van der Waals surface area contributed by atoms with Crippen LogP contribution in [0.4, 0.5) is 4.79 Å². The van der Waals surface area contributed by atoms with Crippen molar-refractivity contribution < 1.29 is 19.1 Å². The zero-order valence-electron chi connectivity index (χ0n) is 16.1. The summed E-state index contributed by atoms with van der Waals surface area (Å²) in [5.41, 5.74) is 0.866. The van der Waals surface area contributed by atoms with Crippen molar-refractivity contribution in [3.63, 3.8) is 0 Å². The van der Waals surface area contributed by atoms with E-state index >= 15 is 0 Å². The first-order chi connectivity index (χ1) is 13.0. The molecule has 1 aromatic rings. The van der Waals surface area contributed by atoms with Crippen LogP contribution in [0.15, 0.2) is 30.3 Å². The summed E-state index contributed by atoms with van der Waals surface area (Å²) in [6, 6.07) is 8.73. The van der Waals surface area contributed by atoms with Crippen molar-refractivity contribution in [3.05, 3.63) is 35.9 Å². The summed E-state index contributed by atoms with van der Waals surface area (Å²) in [6.45, 7) is 5.42. The van der Waals surface area contributed by atoms with Crippen LogP contribution in [0.1, 0.15) is 38.7 Å². The topological polar surface area (TPSA) is 87.7 Å². The Morgan fingerprint density at radius 3 is 2.41 bits per heavy atom. The Kier molecular flexibility index (Phi) is 8.10. The van der Waals surface area contributed by atoms with Crippen LogP contribution in [0.25, 0.3) is 0 Å². The Balaban J connectivity index is 1.76. The smallest absolute Gasteiger partial charge is 0.407 e. The van der Waals surface area contributed by atoms with Gasteiger partial charge in [-0.05, 0) is 30.7 Å². The summed E-state index contributed by atoms with van der Waals surface area (Å²) in [6.07, 6.45) is 1.91. The fourth-order valence-electron chi connectivity index (χ4n) is 3.02. The van der Waals surface area contributed by atoms with Crippen molar-refractivity contribution in [2.45, 2.75) is 45.8 Å². The molecule has 1 aliphatic rings. The second kappa shape index (κ2) is 10.5. The van der Waals surface area contributed by atoms with Crippen LogP contribution in [-0.2, 0) is 20.9 Å². The molecule has 0 saturated carbocycles. The minimum Gasteiger partial charge on any atom is -0.445 e. The molecule has 1 unspecified atom stereocenters. The third kappa shape index (κ3) is 7.29. The molecule has 0 aromatic heterocycles. The lowest BCUT2D eigenvalue weighted by Crippen LogP contribution is -2.50. The van der Waals surface area contributed by atoms with Gasteiger partial charge in [0, 0.05) is 13.1 Å². The number of benzene rings is 1. The van der Waals surface area contributed by atoms with Crippen molar-refractivity contribution in [3.8, 4) is 0 Å². The molecule has 1 heterocycles. The Hall–Kier alpha value is -2.57. The number of nitrogens with zero attached hydrogens (tertiary/aromatic N) is 1. The van der Waals surface area contributed by atoms with Crippen LogP contribution in [-0.4, -0.2) is 48.5 Å². The molecule has 148 valence electrons. The number of alkyl carbamates (subject to hydrolysis) is 1. The largest absolute Gasteiger partial charge is 0.445 e. The first-order valence-corrected chi connectivity index (χ1v) is 9.48. The van der Waals surface area contributed by atoms with Crippen LogP contribution in [0, 0.1) is 5.92 Å². The molecule has 0 aliphatic carbocycles. The van der Waals surface area contributed by atoms with Crippen LogP contribution in [0.2, 0.25) is 0 Å². The molecular weight excluding hydrogens is 346 g/mol. The van der Waals surface area contributed by atoms with E-state index in [1.54, 1.807) is 4.90 Å². The number of carbonyl (C=O) groups is 3. The summed E-state index contributed by atoms with van der Waals surface area (Å²) in [7, 11) is 0. The van der Waals surface area contributed by atoms with Gasteiger partial charge in [0.2, 0.25) is 11.8 Å². The number of likely N-dealkylation sites (tertiary alicyclic amines) is 1. The summed E-state index contributed by atoms with van der Waals surface area (Å²) >= 11 is 0. The molecule has 1 aromatic carbocycles. The molecule has 0 bridgehead atoms. The summed E-state index contributed by atoms with van der Waals surface area (Å²) in [5, 5.41) is 5.18. The van der Waals surface area contributed by atoms with E-state index in [-0.39, 0.29) is 25.0 Å². The van der Waals surface area contributed by atoms with E-state index in [9.17, 15) is 14.4 Å². The van der Waals surface area contributed by atoms with Crippen molar-refractivity contribution >= 4 is 17.9 Å². The monoisotopic (exact) mass is 375 g/mol. The Morgan fingerprint density at radius 1 is 1.11 bits per heavy atom. The van der Waals surface area contributed by atoms with Crippen LogP contribution in [0.5, 0.6) is 0 Å². The number of rotatable bonds is 8. The summed E-state index contributed by atoms with van der Waals surface area (Å²) < 4.78 is 5.07. The maximum atomic E-state index is 12.6. The number of hydrogen-bond acceptors (Lipinski definition) is 4. The van der Waals surface area contributed by atoms with Gasteiger partial charge in [-0.3, -0.25) is 9.59 Å². The van der Waals surface area contributed by atoms with E-state index in [1.165, 1.54) is 0 Å². The van der Waals surface area contributed by atoms with E-state index in [4.69, 9.17) is 4.74 Å². The Labute approximate surface area is 160 Å². The maximum Gasteiger partial charge on any atom is 0.407 e. The summed E-state index contributed by atoms with van der Waals surface area (Å²) in [4.78, 5) is 38.3. The lowest BCUT2D eigenvalue weighted by Gasteiger charge is -2.25. The van der Waals surface area contributed by atoms with Gasteiger partial charge in [-0.25, -0.2) is 4.79 Å². The molecule has 1 fully saturated rings. The van der Waals surface area contributed by atoms with Crippen molar-refractivity contribution in [2.24, 2.45) is 5.92 Å². The number of amides is 3. The molecule has 3 amide bonds. The molecule has 0 radical (unpaired) electrons. The van der Waals surface area contributed by atoms with Gasteiger partial charge in [0.05, 0.1) is 0 Å². The zero-order chi connectivity index (χ0) is 19.6. The third-order valence-corrected chi connectivity index (χ3v) is 4.36. The predicted molar refractivity (Wildman–Crippen MR) is 102 cm³/mol. The van der Waals surface area contributed by atoms with Crippen molar-refractivity contribution in [2.75, 3.05) is 19.6 Å². The molecule has 0 spiro atoms. The molecule has 2 rings (SSSR count). The van der Waals surface area contributed by atoms with Crippen LogP contribution in [0.3, 0.4) is 0 Å². The molecule has 1 saturated heterocycles. The molecule has 2 N–H and O–H groups in total. The van der Waals surface area contributed by atoms with Crippen molar-refractivity contribution in [1.82, 2.24) is 15.5 Å². The van der Waals surface area contributed by atoms with E-state index < -0.39 is 18.0 Å². The molecule has 1 atom stereocenters. The quantitative estimate of drug-likeness (QED) is 0.728. The number of carbonyl (C=O) groups excluding carboxylic acids is 3. The number of hydrogen-bond donors (Lipinski definition) is 2. The van der Waals surface area contributed by atoms with Gasteiger partial charge in [-0.2, -0.15) is 0 Å². The fourth-order valence-corrected chi connectivity index (χ4v) is 3.02. The highest BCUT2D eigenvalue weighted by atomic mass is 16.5. The first-order valence-electron chi connectivity index (χ1n) is 9.48. The Morgan fingerprint density at radius 2 is 1.78 bits per heavy atom. The molecular formula is C20H29N3O4. The lowest BCUT2D eigenvalue weighted by atomic mass is 10.0. The maximum absolute atomic E-state index is 12.6. The predicted octanol–water partition coefficient (Wildman–Crippen LogP) is 2.07. The lowest BCUT2D eigenvalue weighted by molar-refractivity contribution is -0.135. The SMILES string of the molecule is CC(C)CC(NC(=O)CNC(=O)OCc1ccccc1)C(=O)N1CCCC1. The highest BCUT2D eigenvalue weighted by Crippen LogP contribution is 2.13. The Bertz CT molecular complexity index is 627. The molecule has 1 aliphatic heterocycles. The first kappa shape index (κ1) is 20.7. The average Bonchev–Trinajstić information content (AvgIpc) is 3.19. The summed E-state index contributed by atoms with van der Waals surface area (Å²) in [5.74, 6) is -0.170. The minimum atomic E-state index is -0.666. The highest BCUT2D eigenvalue weighted by molar-refractivity contribution is 5.89. The standard InChI is InChI=1S/C20H29N3O4/c1-15(2)12-17(19(25)23-10-6-7-11-23)22-18(24)13-21-20(26)27-14-16-8-4-3-5-9-16/h3-5,8-9,15,17H,6-7,10-14H2,1-2H3,(H,21,26)(H,22,24). The van der Waals surface area contributed by atoms with Gasteiger partial charge in [-0.15, -0.1) is 0 Å². The van der Waals surface area contributed by atoms with E-state index in [0.29, 0.717) is 6.42 Å². The highest BCUT2D eigenvalue weighted by Gasteiger charge is 2.28. The second-order valence-electron chi connectivity index (χ2n) is 7.20. The third-order valence-electron chi connectivity index (χ3n) is 4.36. The van der Waals surface area contributed by atoms with Gasteiger partial charge in [0.25, 0.3) is 0 Å². The van der Waals surface area contributed by atoms with Crippen LogP contribution < -0.4 is 10.6 Å². The van der Waals surface area contributed by atoms with Gasteiger partial charge >= 0.3 is 6.09 Å². The van der Waals surface area contributed by atoms with Gasteiger partial charge in [0.15, 0.2) is 0 Å². The number of ether oxygens (including phenoxy) is 1. The molecule has 7 nitrogen and oxygen atoms in total. The fraction of sp³-hybridized carbons (Fsp3) is 0.550. The second-order valence-corrected chi connectivity index (χ2v) is 7.20. The van der Waals surface area contributed by atoms with Gasteiger partial charge < -0.3 is 20.3 Å². The van der Waals surface area contributed by atoms with E-state index in [2.05, 4.69) is 10.6 Å². The average molecular weight is 375 g/mol. The van der Waals surface area contributed by atoms with Gasteiger partial charge in [-0.1, -0.05) is 44.2 Å². The van der Waals surface area contributed by atoms with Crippen LogP contribution >= 0.6 is 0 Å².